The van der Waals surface area contributed by atoms with Crippen molar-refractivity contribution in [3.8, 4) is 11.3 Å². The van der Waals surface area contributed by atoms with Gasteiger partial charge in [0.1, 0.15) is 0 Å². The predicted octanol–water partition coefficient (Wildman–Crippen LogP) is 3.79. The smallest absolute Gasteiger partial charge is 0.333 e. The number of carbonyl (C=O) groups is 1. The van der Waals surface area contributed by atoms with Gasteiger partial charge in [-0.05, 0) is 23.8 Å². The first-order chi connectivity index (χ1) is 10.2. The molecule has 2 heterocycles. The van der Waals surface area contributed by atoms with Crippen LogP contribution in [0.15, 0.2) is 60.2 Å². The summed E-state index contributed by atoms with van der Waals surface area (Å²) >= 11 is 0. The van der Waals surface area contributed by atoms with Crippen LogP contribution >= 0.6 is 0 Å². The molecule has 0 atom stereocenters. The number of carboxylic acid groups (broad SMARTS) is 1. The molecule has 0 radical (unpaired) electrons. The van der Waals surface area contributed by atoms with E-state index in [1.165, 1.54) is 0 Å². The molecule has 3 aromatic rings. The third-order valence-corrected chi connectivity index (χ3v) is 3.98. The number of rotatable bonds is 1. The zero-order chi connectivity index (χ0) is 14.4. The highest BCUT2D eigenvalue weighted by Gasteiger charge is 2.20. The van der Waals surface area contributed by atoms with Gasteiger partial charge in [0, 0.05) is 16.5 Å². The Morgan fingerprint density at radius 2 is 1.81 bits per heavy atom. The van der Waals surface area contributed by atoms with Gasteiger partial charge in [-0.25, -0.2) is 4.79 Å². The Bertz CT molecular complexity index is 902. The average molecular weight is 275 g/mol. The van der Waals surface area contributed by atoms with Gasteiger partial charge in [0.15, 0.2) is 0 Å². The molecule has 21 heavy (non-hydrogen) atoms. The number of fused-ring (bicyclic) bond motifs is 5. The van der Waals surface area contributed by atoms with Gasteiger partial charge in [0.25, 0.3) is 0 Å². The zero-order valence-electron chi connectivity index (χ0n) is 11.3. The van der Waals surface area contributed by atoms with Gasteiger partial charge in [0.05, 0.1) is 17.8 Å². The van der Waals surface area contributed by atoms with E-state index in [2.05, 4.69) is 16.7 Å². The molecule has 0 fully saturated rings. The molecule has 1 N–H and O–H groups in total. The van der Waals surface area contributed by atoms with E-state index in [1.807, 2.05) is 42.5 Å². The fraction of sp³-hybridized carbons (Fsp3) is 0.0556. The molecule has 0 saturated carbocycles. The van der Waals surface area contributed by atoms with Crippen LogP contribution in [0.5, 0.6) is 0 Å². The largest absolute Gasteiger partial charge is 0.478 e. The molecule has 0 aliphatic carbocycles. The Morgan fingerprint density at radius 1 is 1.05 bits per heavy atom. The van der Waals surface area contributed by atoms with E-state index >= 15 is 0 Å². The van der Waals surface area contributed by atoms with E-state index < -0.39 is 5.97 Å². The van der Waals surface area contributed by atoms with Crippen molar-refractivity contribution in [1.82, 2.24) is 4.57 Å². The summed E-state index contributed by atoms with van der Waals surface area (Å²) < 4.78 is 2.08. The Balaban J connectivity index is 2.10. The van der Waals surface area contributed by atoms with Gasteiger partial charge in [-0.1, -0.05) is 42.5 Å². The Labute approximate surface area is 121 Å². The first-order valence-corrected chi connectivity index (χ1v) is 6.85. The minimum atomic E-state index is -0.865. The standard InChI is InChI=1S/C18H13NO2/c20-18(21)14-9-12-5-1-3-7-15(12)17-10-13-6-2-4-8-16(13)19(17)11-14/h1-10H,11H2,(H,20,21). The maximum absolute atomic E-state index is 11.5. The van der Waals surface area contributed by atoms with E-state index in [0.717, 1.165) is 27.7 Å². The van der Waals surface area contributed by atoms with Crippen LogP contribution in [-0.2, 0) is 11.3 Å². The first-order valence-electron chi connectivity index (χ1n) is 6.85. The Kier molecular flexibility index (Phi) is 2.48. The van der Waals surface area contributed by atoms with Gasteiger partial charge < -0.3 is 9.67 Å². The van der Waals surface area contributed by atoms with Gasteiger partial charge in [-0.3, -0.25) is 0 Å². The van der Waals surface area contributed by atoms with Crippen LogP contribution in [0.25, 0.3) is 28.2 Å². The molecule has 0 unspecified atom stereocenters. The molecular formula is C18H13NO2. The maximum atomic E-state index is 11.5. The summed E-state index contributed by atoms with van der Waals surface area (Å²) in [5, 5.41) is 10.6. The van der Waals surface area contributed by atoms with Crippen LogP contribution in [0.3, 0.4) is 0 Å². The molecular weight excluding hydrogens is 262 g/mol. The number of benzene rings is 2. The summed E-state index contributed by atoms with van der Waals surface area (Å²) in [5.74, 6) is -0.865. The second kappa shape index (κ2) is 4.35. The molecule has 0 spiro atoms. The Hall–Kier alpha value is -2.81. The highest BCUT2D eigenvalue weighted by Crippen LogP contribution is 2.34. The number of aromatic nitrogens is 1. The van der Waals surface area contributed by atoms with Gasteiger partial charge in [-0.15, -0.1) is 0 Å². The lowest BCUT2D eigenvalue weighted by molar-refractivity contribution is -0.132. The normalized spacial score (nSPS) is 13.2. The number of aliphatic carboxylic acids is 1. The molecule has 0 amide bonds. The van der Waals surface area contributed by atoms with E-state index in [-0.39, 0.29) is 0 Å². The van der Waals surface area contributed by atoms with E-state index in [0.29, 0.717) is 12.1 Å². The predicted molar refractivity (Wildman–Crippen MR) is 83.0 cm³/mol. The topological polar surface area (TPSA) is 42.2 Å². The van der Waals surface area contributed by atoms with Crippen LogP contribution in [0.2, 0.25) is 0 Å². The number of nitrogens with zero attached hydrogens (tertiary/aromatic N) is 1. The number of carboxylic acids is 1. The maximum Gasteiger partial charge on any atom is 0.333 e. The van der Waals surface area contributed by atoms with Crippen molar-refractivity contribution >= 4 is 22.9 Å². The fourth-order valence-electron chi connectivity index (χ4n) is 2.99. The van der Waals surface area contributed by atoms with Crippen molar-refractivity contribution in [3.63, 3.8) is 0 Å². The quantitative estimate of drug-likeness (QED) is 0.734. The molecule has 2 aromatic carbocycles. The third kappa shape index (κ3) is 1.78. The molecule has 0 saturated heterocycles. The van der Waals surface area contributed by atoms with Gasteiger partial charge in [-0.2, -0.15) is 0 Å². The molecule has 1 aliphatic heterocycles. The van der Waals surface area contributed by atoms with Crippen LogP contribution < -0.4 is 0 Å². The lowest BCUT2D eigenvalue weighted by atomic mass is 10.0. The number of hydrogen-bond acceptors (Lipinski definition) is 1. The minimum Gasteiger partial charge on any atom is -0.478 e. The molecule has 4 rings (SSSR count). The molecule has 0 bridgehead atoms. The summed E-state index contributed by atoms with van der Waals surface area (Å²) in [7, 11) is 0. The summed E-state index contributed by atoms with van der Waals surface area (Å²) in [6.07, 6.45) is 1.78. The average Bonchev–Trinajstić information content (AvgIpc) is 2.77. The summed E-state index contributed by atoms with van der Waals surface area (Å²) in [6, 6.07) is 18.1. The van der Waals surface area contributed by atoms with E-state index in [4.69, 9.17) is 0 Å². The van der Waals surface area contributed by atoms with Crippen molar-refractivity contribution in [1.29, 1.82) is 0 Å². The fourth-order valence-corrected chi connectivity index (χ4v) is 2.99. The lowest BCUT2D eigenvalue weighted by Gasteiger charge is -2.09. The zero-order valence-corrected chi connectivity index (χ0v) is 11.3. The number of hydrogen-bond donors (Lipinski definition) is 1. The van der Waals surface area contributed by atoms with Crippen molar-refractivity contribution < 1.29 is 9.90 Å². The highest BCUT2D eigenvalue weighted by molar-refractivity contribution is 5.97. The second-order valence-electron chi connectivity index (χ2n) is 5.24. The highest BCUT2D eigenvalue weighted by atomic mass is 16.4. The first kappa shape index (κ1) is 12.0. The minimum absolute atomic E-state index is 0.382. The Morgan fingerprint density at radius 3 is 2.67 bits per heavy atom. The molecule has 102 valence electrons. The lowest BCUT2D eigenvalue weighted by Crippen LogP contribution is -2.08. The van der Waals surface area contributed by atoms with E-state index in [1.54, 1.807) is 6.08 Å². The van der Waals surface area contributed by atoms with Crippen LogP contribution in [0.4, 0.5) is 0 Å². The second-order valence-corrected chi connectivity index (χ2v) is 5.24. The van der Waals surface area contributed by atoms with Crippen LogP contribution in [0, 0.1) is 0 Å². The van der Waals surface area contributed by atoms with Crippen molar-refractivity contribution in [2.75, 3.05) is 0 Å². The van der Waals surface area contributed by atoms with Crippen molar-refractivity contribution in [3.05, 3.63) is 65.7 Å². The van der Waals surface area contributed by atoms with Gasteiger partial charge in [0.2, 0.25) is 0 Å². The molecule has 3 nitrogen and oxygen atoms in total. The van der Waals surface area contributed by atoms with Gasteiger partial charge >= 0.3 is 5.97 Å². The summed E-state index contributed by atoms with van der Waals surface area (Å²) in [6.45, 7) is 0.382. The number of para-hydroxylation sites is 1. The van der Waals surface area contributed by atoms with Crippen LogP contribution in [0.1, 0.15) is 5.56 Å². The van der Waals surface area contributed by atoms with Crippen molar-refractivity contribution in [2.24, 2.45) is 0 Å². The SMILES string of the molecule is O=C(O)C1=Cc2ccccc2-c2cc3ccccc3n2C1. The molecule has 1 aromatic heterocycles. The van der Waals surface area contributed by atoms with Crippen LogP contribution in [-0.4, -0.2) is 15.6 Å². The van der Waals surface area contributed by atoms with Crippen molar-refractivity contribution in [2.45, 2.75) is 6.54 Å². The summed E-state index contributed by atoms with van der Waals surface area (Å²) in [5.41, 5.74) is 4.57. The third-order valence-electron chi connectivity index (χ3n) is 3.98. The monoisotopic (exact) mass is 275 g/mol. The van der Waals surface area contributed by atoms with E-state index in [9.17, 15) is 9.90 Å². The summed E-state index contributed by atoms with van der Waals surface area (Å²) in [4.78, 5) is 11.5. The molecule has 1 aliphatic rings. The molecule has 3 heteroatoms.